The van der Waals surface area contributed by atoms with E-state index in [0.29, 0.717) is 34.1 Å². The molecule has 0 bridgehead atoms. The molecule has 1 aromatic heterocycles. The van der Waals surface area contributed by atoms with Gasteiger partial charge < -0.3 is 4.42 Å². The number of nitrogens with zero attached hydrogens (tertiary/aromatic N) is 2. The summed E-state index contributed by atoms with van der Waals surface area (Å²) in [6.07, 6.45) is 1.66. The van der Waals surface area contributed by atoms with Gasteiger partial charge in [-0.2, -0.15) is 10.1 Å². The van der Waals surface area contributed by atoms with Gasteiger partial charge in [-0.15, -0.1) is 0 Å². The summed E-state index contributed by atoms with van der Waals surface area (Å²) in [5, 5.41) is 10.9. The Balaban J connectivity index is 1.60. The molecule has 8 heteroatoms. The predicted molar refractivity (Wildman–Crippen MR) is 120 cm³/mol. The zero-order valence-electron chi connectivity index (χ0n) is 17.3. The third-order valence-electron chi connectivity index (χ3n) is 5.18. The van der Waals surface area contributed by atoms with Crippen LogP contribution in [0, 0.1) is 13.8 Å². The molecule has 0 saturated heterocycles. The lowest BCUT2D eigenvalue weighted by molar-refractivity contribution is -0.114. The molecule has 2 N–H and O–H groups in total. The fraction of sp³-hybridized carbons (Fsp3) is 0.130. The minimum absolute atomic E-state index is 0.0278. The molecule has 2 heterocycles. The molecule has 1 amide bonds. The van der Waals surface area contributed by atoms with E-state index in [9.17, 15) is 13.2 Å². The number of rotatable bonds is 4. The third-order valence-corrected chi connectivity index (χ3v) is 6.11. The predicted octanol–water partition coefficient (Wildman–Crippen LogP) is 4.02. The van der Waals surface area contributed by atoms with Crippen molar-refractivity contribution in [2.45, 2.75) is 25.7 Å². The van der Waals surface area contributed by atoms with Crippen molar-refractivity contribution in [2.24, 2.45) is 10.2 Å². The first-order valence-electron chi connectivity index (χ1n) is 9.55. The topological polar surface area (TPSA) is 106 Å². The number of sulfonamides is 1. The van der Waals surface area contributed by atoms with Crippen molar-refractivity contribution >= 4 is 33.4 Å². The first-order valence-corrected chi connectivity index (χ1v) is 11.1. The van der Waals surface area contributed by atoms with Crippen molar-refractivity contribution in [1.29, 1.82) is 0 Å². The average molecular weight is 436 g/mol. The maximum absolute atomic E-state index is 13.0. The Hall–Kier alpha value is -3.49. The minimum atomic E-state index is -3.75. The molecule has 158 valence electrons. The van der Waals surface area contributed by atoms with Crippen LogP contribution in [-0.2, 0) is 14.8 Å². The van der Waals surface area contributed by atoms with Crippen molar-refractivity contribution in [2.75, 3.05) is 5.01 Å². The Labute approximate surface area is 180 Å². The highest BCUT2D eigenvalue weighted by atomic mass is 32.2. The van der Waals surface area contributed by atoms with E-state index in [1.54, 1.807) is 37.3 Å². The molecule has 0 radical (unpaired) electrons. The van der Waals surface area contributed by atoms with Crippen molar-refractivity contribution < 1.29 is 17.6 Å². The summed E-state index contributed by atoms with van der Waals surface area (Å²) in [5.41, 5.74) is 4.68. The summed E-state index contributed by atoms with van der Waals surface area (Å²) in [4.78, 5) is 13.0. The molecule has 1 aliphatic heterocycles. The minimum Gasteiger partial charge on any atom is -0.457 e. The second-order valence-corrected chi connectivity index (χ2v) is 8.96. The first kappa shape index (κ1) is 20.8. The molecule has 1 aliphatic rings. The maximum atomic E-state index is 13.0. The summed E-state index contributed by atoms with van der Waals surface area (Å²) in [6.45, 7) is 5.79. The highest BCUT2D eigenvalue weighted by Crippen LogP contribution is 2.29. The van der Waals surface area contributed by atoms with Crippen molar-refractivity contribution in [3.63, 3.8) is 0 Å². The van der Waals surface area contributed by atoms with Gasteiger partial charge in [0, 0.05) is 5.56 Å². The van der Waals surface area contributed by atoms with Crippen molar-refractivity contribution in [3.8, 4) is 11.3 Å². The molecule has 3 aromatic rings. The summed E-state index contributed by atoms with van der Waals surface area (Å²) in [6, 6.07) is 15.3. The van der Waals surface area contributed by atoms with Crippen LogP contribution in [0.25, 0.3) is 17.4 Å². The number of nitrogens with two attached hydrogens (primary N) is 1. The number of hydrogen-bond donors (Lipinski definition) is 1. The highest BCUT2D eigenvalue weighted by molar-refractivity contribution is 7.89. The molecule has 0 spiro atoms. The molecule has 31 heavy (non-hydrogen) atoms. The van der Waals surface area contributed by atoms with Crippen LogP contribution in [0.5, 0.6) is 0 Å². The van der Waals surface area contributed by atoms with E-state index in [-0.39, 0.29) is 10.8 Å². The summed E-state index contributed by atoms with van der Waals surface area (Å²) in [7, 11) is -3.75. The Bertz CT molecular complexity index is 1350. The van der Waals surface area contributed by atoms with E-state index in [0.717, 1.165) is 11.1 Å². The smallest absolute Gasteiger partial charge is 0.280 e. The normalized spacial score (nSPS) is 15.6. The van der Waals surface area contributed by atoms with E-state index in [1.165, 1.54) is 17.1 Å². The van der Waals surface area contributed by atoms with Crippen LogP contribution in [0.4, 0.5) is 5.69 Å². The van der Waals surface area contributed by atoms with Crippen molar-refractivity contribution in [3.05, 3.63) is 77.1 Å². The largest absolute Gasteiger partial charge is 0.457 e. The SMILES string of the molecule is CC1=NN(c2ccc(C)c(C)c2)C(=O)/C1=C/c1ccc(-c2ccc(S(N)(=O)=O)cc2)o1. The number of anilines is 1. The number of hydrazone groups is 1. The molecule has 0 atom stereocenters. The van der Waals surface area contributed by atoms with E-state index >= 15 is 0 Å². The van der Waals surface area contributed by atoms with Crippen molar-refractivity contribution in [1.82, 2.24) is 0 Å². The van der Waals surface area contributed by atoms with E-state index in [4.69, 9.17) is 9.56 Å². The molecular weight excluding hydrogens is 414 g/mol. The van der Waals surface area contributed by atoms with Crippen LogP contribution in [0.1, 0.15) is 23.8 Å². The van der Waals surface area contributed by atoms with Gasteiger partial charge in [0.05, 0.1) is 21.9 Å². The number of hydrogen-bond acceptors (Lipinski definition) is 5. The third kappa shape index (κ3) is 4.08. The van der Waals surface area contributed by atoms with Gasteiger partial charge in [-0.3, -0.25) is 4.79 Å². The lowest BCUT2D eigenvalue weighted by atomic mass is 10.1. The number of furan rings is 1. The lowest BCUT2D eigenvalue weighted by Crippen LogP contribution is -2.21. The fourth-order valence-electron chi connectivity index (χ4n) is 3.25. The molecular formula is C23H21N3O4S. The molecule has 7 nitrogen and oxygen atoms in total. The van der Waals surface area contributed by atoms with Gasteiger partial charge in [0.1, 0.15) is 11.5 Å². The van der Waals surface area contributed by atoms with Crippen LogP contribution in [0.3, 0.4) is 0 Å². The Morgan fingerprint density at radius 1 is 0.968 bits per heavy atom. The molecule has 0 saturated carbocycles. The second kappa shape index (κ2) is 7.64. The van der Waals surface area contributed by atoms with Gasteiger partial charge in [-0.25, -0.2) is 13.6 Å². The van der Waals surface area contributed by atoms with Crippen LogP contribution >= 0.6 is 0 Å². The van der Waals surface area contributed by atoms with Gasteiger partial charge >= 0.3 is 0 Å². The van der Waals surface area contributed by atoms with Gasteiger partial charge in [-0.05, 0) is 86.5 Å². The van der Waals surface area contributed by atoms with E-state index in [2.05, 4.69) is 5.10 Å². The number of carbonyl (C=O) groups excluding carboxylic acids is 1. The van der Waals surface area contributed by atoms with E-state index in [1.807, 2.05) is 32.0 Å². The molecule has 2 aromatic carbocycles. The summed E-state index contributed by atoms with van der Waals surface area (Å²) in [5.74, 6) is 0.806. The molecule has 4 rings (SSSR count). The molecule has 0 unspecified atom stereocenters. The van der Waals surface area contributed by atoms with Gasteiger partial charge in [0.2, 0.25) is 10.0 Å². The standard InChI is InChI=1S/C23H21N3O4S/c1-14-4-7-18(12-15(14)2)26-23(27)21(16(3)25-26)13-19-8-11-22(30-19)17-5-9-20(10-6-17)31(24,28)29/h4-13H,1-3H3,(H2,24,28,29)/b21-13+. The average Bonchev–Trinajstić information content (AvgIpc) is 3.30. The Kier molecular flexibility index (Phi) is 5.12. The summed E-state index contributed by atoms with van der Waals surface area (Å²) >= 11 is 0. The van der Waals surface area contributed by atoms with Gasteiger partial charge in [-0.1, -0.05) is 6.07 Å². The number of aryl methyl sites for hydroxylation is 2. The summed E-state index contributed by atoms with van der Waals surface area (Å²) < 4.78 is 28.7. The number of benzene rings is 2. The Morgan fingerprint density at radius 2 is 1.68 bits per heavy atom. The van der Waals surface area contributed by atoms with Crippen LogP contribution in [-0.4, -0.2) is 20.0 Å². The quantitative estimate of drug-likeness (QED) is 0.625. The monoisotopic (exact) mass is 435 g/mol. The number of amides is 1. The highest BCUT2D eigenvalue weighted by Gasteiger charge is 2.29. The second-order valence-electron chi connectivity index (χ2n) is 7.40. The fourth-order valence-corrected chi connectivity index (χ4v) is 3.77. The molecule has 0 aliphatic carbocycles. The maximum Gasteiger partial charge on any atom is 0.280 e. The van der Waals surface area contributed by atoms with Crippen LogP contribution in [0.15, 0.2) is 74.6 Å². The molecule has 0 fully saturated rings. The zero-order chi connectivity index (χ0) is 22.3. The first-order chi connectivity index (χ1) is 14.6. The number of primary sulfonamides is 1. The number of carbonyl (C=O) groups is 1. The Morgan fingerprint density at radius 3 is 2.32 bits per heavy atom. The van der Waals surface area contributed by atoms with E-state index < -0.39 is 10.0 Å². The van der Waals surface area contributed by atoms with Crippen LogP contribution in [0.2, 0.25) is 0 Å². The zero-order valence-corrected chi connectivity index (χ0v) is 18.1. The van der Waals surface area contributed by atoms with Crippen LogP contribution < -0.4 is 10.1 Å². The van der Waals surface area contributed by atoms with Gasteiger partial charge in [0.15, 0.2) is 0 Å². The van der Waals surface area contributed by atoms with Gasteiger partial charge in [0.25, 0.3) is 5.91 Å². The lowest BCUT2D eigenvalue weighted by Gasteiger charge is -2.13.